The highest BCUT2D eigenvalue weighted by atomic mass is 16.3. The fourth-order valence-electron chi connectivity index (χ4n) is 5.42. The number of hydrogen-bond donors (Lipinski definition) is 2. The molecule has 0 radical (unpaired) electrons. The van der Waals surface area contributed by atoms with E-state index in [1.807, 2.05) is 12.1 Å². The molecule has 1 aromatic heterocycles. The van der Waals surface area contributed by atoms with Crippen LogP contribution in [0.2, 0.25) is 0 Å². The molecule has 134 valence electrons. The van der Waals surface area contributed by atoms with Crippen LogP contribution < -0.4 is 0 Å². The third-order valence-corrected chi connectivity index (χ3v) is 6.85. The maximum atomic E-state index is 10.1. The molecule has 0 spiro atoms. The third-order valence-electron chi connectivity index (χ3n) is 6.85. The quantitative estimate of drug-likeness (QED) is 0.728. The Labute approximate surface area is 154 Å². The van der Waals surface area contributed by atoms with Crippen molar-refractivity contribution < 1.29 is 5.11 Å². The van der Waals surface area contributed by atoms with Gasteiger partial charge < -0.3 is 15.0 Å². The van der Waals surface area contributed by atoms with Gasteiger partial charge in [0.05, 0.1) is 0 Å². The SMILES string of the molecule is CCN1CCC2(c3cccc(O)c3)Cc3[nH]c4ccccc4c3CC2C1. The summed E-state index contributed by atoms with van der Waals surface area (Å²) in [4.78, 5) is 6.30. The molecule has 3 aromatic rings. The summed E-state index contributed by atoms with van der Waals surface area (Å²) in [6.07, 6.45) is 3.32. The van der Waals surface area contributed by atoms with Gasteiger partial charge in [-0.15, -0.1) is 0 Å². The Morgan fingerprint density at radius 2 is 2.08 bits per heavy atom. The van der Waals surface area contributed by atoms with Crippen LogP contribution in [0.1, 0.15) is 30.2 Å². The Morgan fingerprint density at radius 3 is 2.92 bits per heavy atom. The lowest BCUT2D eigenvalue weighted by Gasteiger charge is -2.51. The molecular formula is C23H26N2O. The van der Waals surface area contributed by atoms with Crippen molar-refractivity contribution in [2.45, 2.75) is 31.6 Å². The average Bonchev–Trinajstić information content (AvgIpc) is 3.02. The van der Waals surface area contributed by atoms with Crippen molar-refractivity contribution in [3.05, 3.63) is 65.4 Å². The summed E-state index contributed by atoms with van der Waals surface area (Å²) in [6.45, 7) is 5.66. The molecule has 0 saturated carbocycles. The minimum Gasteiger partial charge on any atom is -0.508 e. The second kappa shape index (κ2) is 5.88. The van der Waals surface area contributed by atoms with E-state index in [1.54, 1.807) is 6.07 Å². The van der Waals surface area contributed by atoms with Gasteiger partial charge in [0.1, 0.15) is 5.75 Å². The average molecular weight is 346 g/mol. The van der Waals surface area contributed by atoms with Crippen molar-refractivity contribution >= 4 is 10.9 Å². The van der Waals surface area contributed by atoms with Crippen LogP contribution in [0.15, 0.2) is 48.5 Å². The maximum absolute atomic E-state index is 10.1. The van der Waals surface area contributed by atoms with Gasteiger partial charge in [-0.3, -0.25) is 0 Å². The monoisotopic (exact) mass is 346 g/mol. The van der Waals surface area contributed by atoms with Crippen LogP contribution in [0, 0.1) is 5.92 Å². The number of piperidine rings is 1. The number of rotatable bonds is 2. The van der Waals surface area contributed by atoms with Crippen molar-refractivity contribution in [2.75, 3.05) is 19.6 Å². The van der Waals surface area contributed by atoms with Gasteiger partial charge in [-0.2, -0.15) is 0 Å². The number of benzene rings is 2. The van der Waals surface area contributed by atoms with Crippen LogP contribution >= 0.6 is 0 Å². The van der Waals surface area contributed by atoms with Gasteiger partial charge in [-0.1, -0.05) is 37.3 Å². The molecular weight excluding hydrogens is 320 g/mol. The molecule has 5 rings (SSSR count). The predicted molar refractivity (Wildman–Crippen MR) is 106 cm³/mol. The van der Waals surface area contributed by atoms with E-state index in [1.165, 1.54) is 27.7 Å². The summed E-state index contributed by atoms with van der Waals surface area (Å²) in [5, 5.41) is 11.5. The summed E-state index contributed by atoms with van der Waals surface area (Å²) < 4.78 is 0. The summed E-state index contributed by atoms with van der Waals surface area (Å²) in [7, 11) is 0. The molecule has 1 saturated heterocycles. The zero-order valence-corrected chi connectivity index (χ0v) is 15.3. The van der Waals surface area contributed by atoms with Crippen LogP contribution in [0.3, 0.4) is 0 Å². The number of hydrogen-bond acceptors (Lipinski definition) is 2. The molecule has 1 aliphatic heterocycles. The van der Waals surface area contributed by atoms with Gasteiger partial charge >= 0.3 is 0 Å². The Balaban J connectivity index is 1.66. The summed E-state index contributed by atoms with van der Waals surface area (Å²) in [6, 6.07) is 16.7. The highest BCUT2D eigenvalue weighted by Crippen LogP contribution is 2.49. The second-order valence-corrected chi connectivity index (χ2v) is 8.06. The highest BCUT2D eigenvalue weighted by molar-refractivity contribution is 5.85. The Kier molecular flexibility index (Phi) is 3.61. The molecule has 0 amide bonds. The van der Waals surface area contributed by atoms with E-state index in [0.29, 0.717) is 11.7 Å². The Hall–Kier alpha value is -2.26. The maximum Gasteiger partial charge on any atom is 0.115 e. The van der Waals surface area contributed by atoms with E-state index < -0.39 is 0 Å². The molecule has 2 atom stereocenters. The van der Waals surface area contributed by atoms with Crippen LogP contribution in [0.4, 0.5) is 0 Å². The van der Waals surface area contributed by atoms with E-state index in [9.17, 15) is 5.11 Å². The molecule has 3 nitrogen and oxygen atoms in total. The van der Waals surface area contributed by atoms with Gasteiger partial charge in [0.2, 0.25) is 0 Å². The van der Waals surface area contributed by atoms with Crippen molar-refractivity contribution in [3.63, 3.8) is 0 Å². The zero-order chi connectivity index (χ0) is 17.7. The predicted octanol–water partition coefficient (Wildman–Crippen LogP) is 4.25. The number of likely N-dealkylation sites (tertiary alicyclic amines) is 1. The number of para-hydroxylation sites is 1. The normalized spacial score (nSPS) is 25.8. The summed E-state index contributed by atoms with van der Waals surface area (Å²) in [5.41, 5.74) is 5.60. The fraction of sp³-hybridized carbons (Fsp3) is 0.391. The first-order valence-electron chi connectivity index (χ1n) is 9.80. The number of aromatic amines is 1. The number of phenols is 1. The lowest BCUT2D eigenvalue weighted by Crippen LogP contribution is -2.53. The number of H-pyrrole nitrogens is 1. The number of nitrogens with zero attached hydrogens (tertiary/aromatic N) is 1. The van der Waals surface area contributed by atoms with Crippen LogP contribution in [-0.2, 0) is 18.3 Å². The second-order valence-electron chi connectivity index (χ2n) is 8.06. The third kappa shape index (κ3) is 2.30. The summed E-state index contributed by atoms with van der Waals surface area (Å²) >= 11 is 0. The van der Waals surface area contributed by atoms with Crippen LogP contribution in [-0.4, -0.2) is 34.6 Å². The molecule has 0 bridgehead atoms. The number of nitrogens with one attached hydrogen (secondary N) is 1. The van der Waals surface area contributed by atoms with Crippen LogP contribution in [0.25, 0.3) is 10.9 Å². The first-order chi connectivity index (χ1) is 12.7. The van der Waals surface area contributed by atoms with Gasteiger partial charge in [-0.05, 0) is 67.6 Å². The first kappa shape index (κ1) is 16.0. The topological polar surface area (TPSA) is 39.3 Å². The van der Waals surface area contributed by atoms with Gasteiger partial charge in [0.25, 0.3) is 0 Å². The Bertz CT molecular complexity index is 960. The molecule has 26 heavy (non-hydrogen) atoms. The van der Waals surface area contributed by atoms with E-state index in [-0.39, 0.29) is 5.41 Å². The molecule has 2 aromatic carbocycles. The number of fused-ring (bicyclic) bond motifs is 4. The molecule has 2 unspecified atom stereocenters. The smallest absolute Gasteiger partial charge is 0.115 e. The van der Waals surface area contributed by atoms with Gasteiger partial charge in [-0.25, -0.2) is 0 Å². The van der Waals surface area contributed by atoms with E-state index in [0.717, 1.165) is 38.9 Å². The van der Waals surface area contributed by atoms with E-state index in [4.69, 9.17) is 0 Å². The highest BCUT2D eigenvalue weighted by Gasteiger charge is 2.47. The molecule has 2 aliphatic rings. The van der Waals surface area contributed by atoms with E-state index in [2.05, 4.69) is 47.1 Å². The van der Waals surface area contributed by atoms with Crippen LogP contribution in [0.5, 0.6) is 5.75 Å². The summed E-state index contributed by atoms with van der Waals surface area (Å²) in [5.74, 6) is 0.973. The molecule has 2 heterocycles. The molecule has 2 N–H and O–H groups in total. The first-order valence-corrected chi connectivity index (χ1v) is 9.80. The lowest BCUT2D eigenvalue weighted by atomic mass is 9.59. The van der Waals surface area contributed by atoms with Crippen molar-refractivity contribution in [1.29, 1.82) is 0 Å². The molecule has 1 fully saturated rings. The molecule has 1 aliphatic carbocycles. The van der Waals surface area contributed by atoms with Gasteiger partial charge in [0.15, 0.2) is 0 Å². The van der Waals surface area contributed by atoms with Gasteiger partial charge in [0, 0.05) is 28.6 Å². The standard InChI is InChI=1S/C23H26N2O/c1-2-25-11-10-23(16-6-5-7-18(26)12-16)14-22-20(13-17(23)15-25)19-8-3-4-9-21(19)24-22/h3-9,12,17,24,26H,2,10-11,13-15H2,1H3. The largest absolute Gasteiger partial charge is 0.508 e. The lowest BCUT2D eigenvalue weighted by molar-refractivity contribution is 0.0853. The van der Waals surface area contributed by atoms with Crippen molar-refractivity contribution in [3.8, 4) is 5.75 Å². The minimum atomic E-state index is 0.123. The van der Waals surface area contributed by atoms with Crippen molar-refractivity contribution in [1.82, 2.24) is 9.88 Å². The van der Waals surface area contributed by atoms with E-state index >= 15 is 0 Å². The Morgan fingerprint density at radius 1 is 1.19 bits per heavy atom. The number of aromatic hydroxyl groups is 1. The molecule has 3 heteroatoms. The zero-order valence-electron chi connectivity index (χ0n) is 15.3. The van der Waals surface area contributed by atoms with Crippen molar-refractivity contribution in [2.24, 2.45) is 5.92 Å². The number of aromatic nitrogens is 1. The minimum absolute atomic E-state index is 0.123. The fourth-order valence-corrected chi connectivity index (χ4v) is 5.42. The number of phenolic OH excluding ortho intramolecular Hbond substituents is 1.